The number of benzene rings is 1. The van der Waals surface area contributed by atoms with Gasteiger partial charge in [-0.25, -0.2) is 8.78 Å². The number of pyridine rings is 1. The van der Waals surface area contributed by atoms with Crippen LogP contribution in [-0.4, -0.2) is 45.1 Å². The number of hydrogen-bond donors (Lipinski definition) is 0. The minimum Gasteiger partial charge on any atom is -0.367 e. The fraction of sp³-hybridized carbons (Fsp3) is 0.300. The third-order valence-corrected chi connectivity index (χ3v) is 4.68. The molecule has 1 unspecified atom stereocenters. The highest BCUT2D eigenvalue weighted by Crippen LogP contribution is 2.20. The predicted molar refractivity (Wildman–Crippen MR) is 97.6 cm³/mol. The van der Waals surface area contributed by atoms with Gasteiger partial charge in [-0.1, -0.05) is 5.16 Å². The van der Waals surface area contributed by atoms with E-state index < -0.39 is 17.5 Å². The number of halogens is 2. The fourth-order valence-corrected chi connectivity index (χ4v) is 3.21. The summed E-state index contributed by atoms with van der Waals surface area (Å²) < 4.78 is 38.0. The average molecular weight is 400 g/mol. The van der Waals surface area contributed by atoms with Crippen molar-refractivity contribution < 1.29 is 22.8 Å². The molecule has 3 aromatic rings. The second kappa shape index (κ2) is 8.44. The van der Waals surface area contributed by atoms with E-state index in [2.05, 4.69) is 15.1 Å². The SMILES string of the molecule is O=C(c1ccc(F)cc1F)N1CCCC(OCc2nc(-c3ccncc3)no2)C1. The van der Waals surface area contributed by atoms with Crippen LogP contribution in [0.15, 0.2) is 47.2 Å². The van der Waals surface area contributed by atoms with Crippen LogP contribution in [0.1, 0.15) is 29.1 Å². The van der Waals surface area contributed by atoms with E-state index in [-0.39, 0.29) is 18.3 Å². The summed E-state index contributed by atoms with van der Waals surface area (Å²) in [5.74, 6) is -1.30. The third-order valence-electron chi connectivity index (χ3n) is 4.68. The van der Waals surface area contributed by atoms with E-state index in [1.165, 1.54) is 4.90 Å². The Morgan fingerprint density at radius 3 is 2.86 bits per heavy atom. The van der Waals surface area contributed by atoms with Crippen molar-refractivity contribution in [2.24, 2.45) is 0 Å². The van der Waals surface area contributed by atoms with Crippen LogP contribution in [0.2, 0.25) is 0 Å². The van der Waals surface area contributed by atoms with Crippen molar-refractivity contribution >= 4 is 5.91 Å². The molecule has 0 spiro atoms. The molecule has 9 heteroatoms. The van der Waals surface area contributed by atoms with Gasteiger partial charge in [0.15, 0.2) is 0 Å². The molecule has 0 bridgehead atoms. The molecule has 1 saturated heterocycles. The van der Waals surface area contributed by atoms with Crippen LogP contribution < -0.4 is 0 Å². The summed E-state index contributed by atoms with van der Waals surface area (Å²) in [5, 5.41) is 3.92. The number of nitrogens with zero attached hydrogens (tertiary/aromatic N) is 4. The molecule has 29 heavy (non-hydrogen) atoms. The van der Waals surface area contributed by atoms with Crippen molar-refractivity contribution in [2.75, 3.05) is 13.1 Å². The van der Waals surface area contributed by atoms with Crippen molar-refractivity contribution in [1.29, 1.82) is 0 Å². The van der Waals surface area contributed by atoms with Crippen molar-refractivity contribution in [1.82, 2.24) is 20.0 Å². The van der Waals surface area contributed by atoms with E-state index >= 15 is 0 Å². The maximum atomic E-state index is 13.9. The number of carbonyl (C=O) groups excluding carboxylic acids is 1. The first-order valence-electron chi connectivity index (χ1n) is 9.19. The van der Waals surface area contributed by atoms with Crippen LogP contribution in [0.25, 0.3) is 11.4 Å². The van der Waals surface area contributed by atoms with Gasteiger partial charge in [0.1, 0.15) is 18.2 Å². The zero-order valence-corrected chi connectivity index (χ0v) is 15.4. The van der Waals surface area contributed by atoms with E-state index in [9.17, 15) is 13.6 Å². The molecule has 1 aliphatic rings. The van der Waals surface area contributed by atoms with E-state index in [1.54, 1.807) is 24.5 Å². The molecule has 0 saturated carbocycles. The Kier molecular flexibility index (Phi) is 5.57. The van der Waals surface area contributed by atoms with Crippen molar-refractivity contribution in [3.8, 4) is 11.4 Å². The number of aromatic nitrogens is 3. The molecule has 3 heterocycles. The Morgan fingerprint density at radius 1 is 1.24 bits per heavy atom. The Bertz CT molecular complexity index is 996. The molecular formula is C20H18F2N4O3. The highest BCUT2D eigenvalue weighted by molar-refractivity contribution is 5.94. The number of hydrogen-bond acceptors (Lipinski definition) is 6. The molecule has 4 rings (SSSR count). The minimum absolute atomic E-state index is 0.107. The molecule has 1 amide bonds. The quantitative estimate of drug-likeness (QED) is 0.654. The van der Waals surface area contributed by atoms with Gasteiger partial charge in [0, 0.05) is 37.1 Å². The molecular weight excluding hydrogens is 382 g/mol. The fourth-order valence-electron chi connectivity index (χ4n) is 3.21. The number of amides is 1. The van der Waals surface area contributed by atoms with Crippen molar-refractivity contribution in [3.63, 3.8) is 0 Å². The number of ether oxygens (including phenoxy) is 1. The van der Waals surface area contributed by atoms with Gasteiger partial charge >= 0.3 is 0 Å². The van der Waals surface area contributed by atoms with Crippen LogP contribution in [-0.2, 0) is 11.3 Å². The predicted octanol–water partition coefficient (Wildman–Crippen LogP) is 3.23. The van der Waals surface area contributed by atoms with Crippen LogP contribution in [0.5, 0.6) is 0 Å². The smallest absolute Gasteiger partial charge is 0.256 e. The summed E-state index contributed by atoms with van der Waals surface area (Å²) in [6, 6.07) is 6.49. The zero-order chi connectivity index (χ0) is 20.2. The lowest BCUT2D eigenvalue weighted by Gasteiger charge is -2.32. The van der Waals surface area contributed by atoms with Gasteiger partial charge in [-0.05, 0) is 37.1 Å². The normalized spacial score (nSPS) is 16.8. The lowest BCUT2D eigenvalue weighted by atomic mass is 10.1. The van der Waals surface area contributed by atoms with E-state index in [0.29, 0.717) is 37.3 Å². The first-order valence-corrected chi connectivity index (χ1v) is 9.19. The Balaban J connectivity index is 1.36. The van der Waals surface area contributed by atoms with Crippen LogP contribution >= 0.6 is 0 Å². The lowest BCUT2D eigenvalue weighted by molar-refractivity contribution is -0.0154. The maximum absolute atomic E-state index is 13.9. The largest absolute Gasteiger partial charge is 0.367 e. The van der Waals surface area contributed by atoms with Crippen molar-refractivity contribution in [2.45, 2.75) is 25.6 Å². The Hall–Kier alpha value is -3.20. The lowest BCUT2D eigenvalue weighted by Crippen LogP contribution is -2.43. The van der Waals surface area contributed by atoms with Crippen LogP contribution in [0, 0.1) is 11.6 Å². The monoisotopic (exact) mass is 400 g/mol. The second-order valence-corrected chi connectivity index (χ2v) is 6.70. The molecule has 7 nitrogen and oxygen atoms in total. The summed E-state index contributed by atoms with van der Waals surface area (Å²) >= 11 is 0. The highest BCUT2D eigenvalue weighted by atomic mass is 19.1. The van der Waals surface area contributed by atoms with Gasteiger partial charge in [0.2, 0.25) is 5.82 Å². The standard InChI is InChI=1S/C20H18F2N4O3/c21-14-3-4-16(17(22)10-14)20(27)26-9-1-2-15(11-26)28-12-18-24-19(25-29-18)13-5-7-23-8-6-13/h3-8,10,15H,1-2,9,11-12H2. The highest BCUT2D eigenvalue weighted by Gasteiger charge is 2.27. The Labute approximate surface area is 165 Å². The number of likely N-dealkylation sites (tertiary alicyclic amines) is 1. The maximum Gasteiger partial charge on any atom is 0.256 e. The minimum atomic E-state index is -0.868. The molecule has 1 aliphatic heterocycles. The number of rotatable bonds is 5. The number of piperidine rings is 1. The van der Waals surface area contributed by atoms with Crippen molar-refractivity contribution in [3.05, 3.63) is 65.8 Å². The van der Waals surface area contributed by atoms with E-state index in [1.807, 2.05) is 0 Å². The summed E-state index contributed by atoms with van der Waals surface area (Å²) in [4.78, 5) is 22.3. The Morgan fingerprint density at radius 2 is 2.07 bits per heavy atom. The molecule has 0 N–H and O–H groups in total. The van der Waals surface area contributed by atoms with Gasteiger partial charge in [-0.3, -0.25) is 9.78 Å². The summed E-state index contributed by atoms with van der Waals surface area (Å²) in [7, 11) is 0. The molecule has 0 aliphatic carbocycles. The van der Waals surface area contributed by atoms with Gasteiger partial charge in [0.25, 0.3) is 11.8 Å². The summed E-state index contributed by atoms with van der Waals surface area (Å²) in [6.45, 7) is 0.902. The first-order chi connectivity index (χ1) is 14.1. The van der Waals surface area contributed by atoms with E-state index in [4.69, 9.17) is 9.26 Å². The molecule has 1 aromatic carbocycles. The first kappa shape index (κ1) is 19.1. The van der Waals surface area contributed by atoms with Gasteiger partial charge in [0.05, 0.1) is 11.7 Å². The van der Waals surface area contributed by atoms with Crippen LogP contribution in [0.3, 0.4) is 0 Å². The topological polar surface area (TPSA) is 81.4 Å². The summed E-state index contributed by atoms with van der Waals surface area (Å²) in [5.41, 5.74) is 0.636. The van der Waals surface area contributed by atoms with Gasteiger partial charge < -0.3 is 14.2 Å². The molecule has 150 valence electrons. The molecule has 1 atom stereocenters. The summed E-state index contributed by atoms with van der Waals surface area (Å²) in [6.07, 6.45) is 4.50. The second-order valence-electron chi connectivity index (χ2n) is 6.70. The van der Waals surface area contributed by atoms with E-state index in [0.717, 1.165) is 24.1 Å². The van der Waals surface area contributed by atoms with Crippen LogP contribution in [0.4, 0.5) is 8.78 Å². The third kappa shape index (κ3) is 4.45. The number of carbonyl (C=O) groups is 1. The average Bonchev–Trinajstić information content (AvgIpc) is 3.22. The van der Waals surface area contributed by atoms with Gasteiger partial charge in [-0.15, -0.1) is 0 Å². The zero-order valence-electron chi connectivity index (χ0n) is 15.4. The molecule has 1 fully saturated rings. The van der Waals surface area contributed by atoms with Gasteiger partial charge in [-0.2, -0.15) is 4.98 Å². The molecule has 2 aromatic heterocycles. The molecule has 0 radical (unpaired) electrons.